The lowest BCUT2D eigenvalue weighted by Crippen LogP contribution is -2.34. The first-order chi connectivity index (χ1) is 9.24. The molecule has 0 saturated heterocycles. The van der Waals surface area contributed by atoms with Crippen LogP contribution in [0.1, 0.15) is 69.8 Å². The molecular weight excluding hydrogens is 234 g/mol. The van der Waals surface area contributed by atoms with Crippen LogP contribution in [-0.4, -0.2) is 6.04 Å². The summed E-state index contributed by atoms with van der Waals surface area (Å²) in [6, 6.07) is 4.95. The fraction of sp³-hybridized carbons (Fsp3) is 0.765. The van der Waals surface area contributed by atoms with Gasteiger partial charge in [0.25, 0.3) is 0 Å². The second-order valence-electron chi connectivity index (χ2n) is 6.69. The number of nitrogens with one attached hydrogen (secondary N) is 1. The zero-order chi connectivity index (χ0) is 13.2. The summed E-state index contributed by atoms with van der Waals surface area (Å²) in [5.41, 5.74) is 0. The average Bonchev–Trinajstić information content (AvgIpc) is 3.00. The van der Waals surface area contributed by atoms with E-state index in [4.69, 9.17) is 4.42 Å². The molecule has 1 N–H and O–H groups in total. The van der Waals surface area contributed by atoms with Gasteiger partial charge >= 0.3 is 0 Å². The van der Waals surface area contributed by atoms with Gasteiger partial charge in [0.2, 0.25) is 0 Å². The molecule has 2 heteroatoms. The van der Waals surface area contributed by atoms with Crippen LogP contribution in [0.3, 0.4) is 0 Å². The summed E-state index contributed by atoms with van der Waals surface area (Å²) in [6.45, 7) is 5.53. The van der Waals surface area contributed by atoms with Gasteiger partial charge in [0.15, 0.2) is 0 Å². The lowest BCUT2D eigenvalue weighted by atomic mass is 9.84. The van der Waals surface area contributed by atoms with Gasteiger partial charge in [-0.05, 0) is 50.2 Å². The molecule has 0 aromatic carbocycles. The van der Waals surface area contributed by atoms with E-state index in [1.807, 2.05) is 0 Å². The van der Waals surface area contributed by atoms with Crippen LogP contribution in [0, 0.1) is 11.8 Å². The Morgan fingerprint density at radius 1 is 1.26 bits per heavy atom. The quantitative estimate of drug-likeness (QED) is 0.846. The zero-order valence-electron chi connectivity index (χ0n) is 12.3. The van der Waals surface area contributed by atoms with Crippen LogP contribution in [-0.2, 0) is 6.54 Å². The largest absolute Gasteiger partial charge is 0.464 e. The summed E-state index contributed by atoms with van der Waals surface area (Å²) in [6.07, 6.45) is 8.37. The standard InChI is InChI=1S/C17H27NO/c1-12-10-16(12)17-9-8-15(19-17)11-18-13(2)14-6-4-3-5-7-14/h8-9,12-14,16,18H,3-7,10-11H2,1-2H3/t12?,13-,16?/m1/s1. The molecule has 2 unspecified atom stereocenters. The van der Waals surface area contributed by atoms with Crippen molar-refractivity contribution in [3.8, 4) is 0 Å². The molecule has 3 rings (SSSR count). The lowest BCUT2D eigenvalue weighted by Gasteiger charge is -2.28. The molecule has 1 aromatic heterocycles. The van der Waals surface area contributed by atoms with Crippen LogP contribution in [0.25, 0.3) is 0 Å². The lowest BCUT2D eigenvalue weighted by molar-refractivity contribution is 0.275. The minimum absolute atomic E-state index is 0.619. The van der Waals surface area contributed by atoms with Crippen LogP contribution >= 0.6 is 0 Å². The minimum Gasteiger partial charge on any atom is -0.464 e. The Kier molecular flexibility index (Phi) is 3.97. The molecule has 1 heterocycles. The van der Waals surface area contributed by atoms with Crippen molar-refractivity contribution in [1.82, 2.24) is 5.32 Å². The van der Waals surface area contributed by atoms with Gasteiger partial charge in [-0.1, -0.05) is 26.2 Å². The van der Waals surface area contributed by atoms with Gasteiger partial charge in [-0.25, -0.2) is 0 Å². The summed E-state index contributed by atoms with van der Waals surface area (Å²) in [5.74, 6) is 4.70. The Morgan fingerprint density at radius 2 is 2.00 bits per heavy atom. The molecule has 3 atom stereocenters. The topological polar surface area (TPSA) is 25.2 Å². The van der Waals surface area contributed by atoms with Crippen molar-refractivity contribution in [1.29, 1.82) is 0 Å². The van der Waals surface area contributed by atoms with Crippen molar-refractivity contribution < 1.29 is 4.42 Å². The van der Waals surface area contributed by atoms with Crippen molar-refractivity contribution in [2.24, 2.45) is 11.8 Å². The molecule has 0 spiro atoms. The molecule has 2 aliphatic rings. The van der Waals surface area contributed by atoms with Crippen molar-refractivity contribution in [3.63, 3.8) is 0 Å². The highest BCUT2D eigenvalue weighted by Gasteiger charge is 2.36. The molecule has 2 saturated carbocycles. The van der Waals surface area contributed by atoms with Gasteiger partial charge in [-0.2, -0.15) is 0 Å². The van der Waals surface area contributed by atoms with Crippen LogP contribution in [0.4, 0.5) is 0 Å². The van der Waals surface area contributed by atoms with Gasteiger partial charge in [0.05, 0.1) is 6.54 Å². The minimum atomic E-state index is 0.619. The van der Waals surface area contributed by atoms with Crippen LogP contribution in [0.2, 0.25) is 0 Å². The Morgan fingerprint density at radius 3 is 2.68 bits per heavy atom. The van der Waals surface area contributed by atoms with E-state index in [9.17, 15) is 0 Å². The molecule has 0 aliphatic heterocycles. The van der Waals surface area contributed by atoms with Crippen molar-refractivity contribution >= 4 is 0 Å². The number of hydrogen-bond acceptors (Lipinski definition) is 2. The van der Waals surface area contributed by atoms with Gasteiger partial charge in [-0.3, -0.25) is 0 Å². The maximum Gasteiger partial charge on any atom is 0.117 e. The van der Waals surface area contributed by atoms with E-state index < -0.39 is 0 Å². The molecule has 2 aliphatic carbocycles. The Labute approximate surface area is 117 Å². The van der Waals surface area contributed by atoms with E-state index in [0.717, 1.165) is 24.1 Å². The molecule has 106 valence electrons. The highest BCUT2D eigenvalue weighted by molar-refractivity contribution is 5.17. The molecule has 2 nitrogen and oxygen atoms in total. The van der Waals surface area contributed by atoms with E-state index in [0.29, 0.717) is 12.0 Å². The first kappa shape index (κ1) is 13.2. The van der Waals surface area contributed by atoms with E-state index in [2.05, 4.69) is 31.3 Å². The highest BCUT2D eigenvalue weighted by atomic mass is 16.3. The normalized spacial score (nSPS) is 29.4. The summed E-state index contributed by atoms with van der Waals surface area (Å²) in [4.78, 5) is 0. The van der Waals surface area contributed by atoms with E-state index in [1.165, 1.54) is 44.3 Å². The molecule has 2 fully saturated rings. The van der Waals surface area contributed by atoms with Gasteiger partial charge in [0.1, 0.15) is 11.5 Å². The predicted octanol–water partition coefficient (Wildman–Crippen LogP) is 4.46. The van der Waals surface area contributed by atoms with E-state index >= 15 is 0 Å². The number of furan rings is 1. The van der Waals surface area contributed by atoms with Gasteiger partial charge < -0.3 is 9.73 Å². The smallest absolute Gasteiger partial charge is 0.117 e. The Balaban J connectivity index is 1.47. The SMILES string of the molecule is CC1CC1c1ccc(CN[C@H](C)C2CCCCC2)o1. The van der Waals surface area contributed by atoms with Crippen molar-refractivity contribution in [3.05, 3.63) is 23.7 Å². The molecule has 0 radical (unpaired) electrons. The summed E-state index contributed by atoms with van der Waals surface area (Å²) >= 11 is 0. The Hall–Kier alpha value is -0.760. The fourth-order valence-corrected chi connectivity index (χ4v) is 3.47. The third kappa shape index (κ3) is 3.22. The maximum atomic E-state index is 5.95. The third-order valence-electron chi connectivity index (χ3n) is 5.11. The summed E-state index contributed by atoms with van der Waals surface area (Å²) in [5, 5.41) is 3.66. The number of hydrogen-bond donors (Lipinski definition) is 1. The number of rotatable bonds is 5. The molecular formula is C17H27NO. The fourth-order valence-electron chi connectivity index (χ4n) is 3.47. The van der Waals surface area contributed by atoms with Crippen LogP contribution < -0.4 is 5.32 Å². The molecule has 0 amide bonds. The van der Waals surface area contributed by atoms with Gasteiger partial charge in [0, 0.05) is 12.0 Å². The predicted molar refractivity (Wildman–Crippen MR) is 78.1 cm³/mol. The molecule has 19 heavy (non-hydrogen) atoms. The summed E-state index contributed by atoms with van der Waals surface area (Å²) < 4.78 is 5.95. The molecule has 1 aromatic rings. The average molecular weight is 261 g/mol. The van der Waals surface area contributed by atoms with Crippen molar-refractivity contribution in [2.45, 2.75) is 70.9 Å². The highest BCUT2D eigenvalue weighted by Crippen LogP contribution is 2.47. The van der Waals surface area contributed by atoms with Crippen LogP contribution in [0.5, 0.6) is 0 Å². The van der Waals surface area contributed by atoms with E-state index in [-0.39, 0.29) is 0 Å². The first-order valence-electron chi connectivity index (χ1n) is 8.06. The second-order valence-corrected chi connectivity index (χ2v) is 6.69. The van der Waals surface area contributed by atoms with Crippen molar-refractivity contribution in [2.75, 3.05) is 0 Å². The van der Waals surface area contributed by atoms with Crippen LogP contribution in [0.15, 0.2) is 16.5 Å². The second kappa shape index (κ2) is 5.70. The monoisotopic (exact) mass is 261 g/mol. The Bertz CT molecular complexity index is 405. The van der Waals surface area contributed by atoms with Gasteiger partial charge in [-0.15, -0.1) is 0 Å². The maximum absolute atomic E-state index is 5.95. The zero-order valence-corrected chi connectivity index (χ0v) is 12.3. The molecule has 0 bridgehead atoms. The van der Waals surface area contributed by atoms with E-state index in [1.54, 1.807) is 0 Å². The first-order valence-corrected chi connectivity index (χ1v) is 8.06. The summed E-state index contributed by atoms with van der Waals surface area (Å²) in [7, 11) is 0. The third-order valence-corrected chi connectivity index (χ3v) is 5.11.